The molecule has 132 valence electrons. The van der Waals surface area contributed by atoms with Gasteiger partial charge >= 0.3 is 0 Å². The van der Waals surface area contributed by atoms with E-state index < -0.39 is 10.1 Å². The highest BCUT2D eigenvalue weighted by Gasteiger charge is 2.18. The molecule has 0 atom stereocenters. The molecule has 0 fully saturated rings. The van der Waals surface area contributed by atoms with Gasteiger partial charge in [-0.2, -0.15) is 8.42 Å². The zero-order chi connectivity index (χ0) is 17.6. The number of hydrogen-bond donors (Lipinski definition) is 1. The van der Waals surface area contributed by atoms with Gasteiger partial charge in [0.25, 0.3) is 10.1 Å². The summed E-state index contributed by atoms with van der Waals surface area (Å²) >= 11 is 0. The van der Waals surface area contributed by atoms with Crippen LogP contribution in [0.2, 0.25) is 0 Å². The second-order valence-corrected chi connectivity index (χ2v) is 7.84. The first-order valence-corrected chi connectivity index (χ1v) is 10.4. The maximum atomic E-state index is 11.9. The third-order valence-electron chi connectivity index (χ3n) is 4.56. The van der Waals surface area contributed by atoms with Crippen molar-refractivity contribution in [2.75, 3.05) is 0 Å². The van der Waals surface area contributed by atoms with Crippen molar-refractivity contribution in [3.05, 3.63) is 41.5 Å². The quantitative estimate of drug-likeness (QED) is 0.477. The molecule has 0 unspecified atom stereocenters. The van der Waals surface area contributed by atoms with E-state index in [-0.39, 0.29) is 4.90 Å². The van der Waals surface area contributed by atoms with Crippen molar-refractivity contribution in [2.24, 2.45) is 0 Å². The summed E-state index contributed by atoms with van der Waals surface area (Å²) in [5.74, 6) is 0. The smallest absolute Gasteiger partial charge is 0.282 e. The molecule has 1 N–H and O–H groups in total. The van der Waals surface area contributed by atoms with Gasteiger partial charge < -0.3 is 0 Å². The first-order valence-electron chi connectivity index (χ1n) is 9.00. The molecule has 2 aromatic carbocycles. The highest BCUT2D eigenvalue weighted by molar-refractivity contribution is 7.86. The number of hydrogen-bond acceptors (Lipinski definition) is 2. The zero-order valence-electron chi connectivity index (χ0n) is 14.7. The van der Waals surface area contributed by atoms with Crippen LogP contribution in [-0.4, -0.2) is 13.0 Å². The lowest BCUT2D eigenvalue weighted by atomic mass is 9.94. The van der Waals surface area contributed by atoms with Crippen molar-refractivity contribution in [2.45, 2.75) is 70.1 Å². The zero-order valence-corrected chi connectivity index (χ0v) is 15.5. The molecule has 0 spiro atoms. The standard InChI is InChI=1S/C20H28O3S/c1-3-5-7-10-16-14-15-19(24(21,22)23)20-17(11-8-6-4-2)12-9-13-18(16)20/h9,12-15H,3-8,10-11H2,1-2H3,(H,21,22,23). The fraction of sp³-hybridized carbons (Fsp3) is 0.500. The van der Waals surface area contributed by atoms with Crippen molar-refractivity contribution in [1.82, 2.24) is 0 Å². The van der Waals surface area contributed by atoms with E-state index >= 15 is 0 Å². The molecule has 24 heavy (non-hydrogen) atoms. The molecule has 2 rings (SSSR count). The van der Waals surface area contributed by atoms with Crippen LogP contribution in [0.4, 0.5) is 0 Å². The van der Waals surface area contributed by atoms with Crippen LogP contribution < -0.4 is 0 Å². The molecule has 0 heterocycles. The average molecular weight is 349 g/mol. The molecule has 0 bridgehead atoms. The highest BCUT2D eigenvalue weighted by atomic mass is 32.2. The summed E-state index contributed by atoms with van der Waals surface area (Å²) < 4.78 is 33.4. The van der Waals surface area contributed by atoms with Crippen LogP contribution in [0.25, 0.3) is 10.8 Å². The van der Waals surface area contributed by atoms with Crippen LogP contribution in [0, 0.1) is 0 Å². The number of benzene rings is 2. The summed E-state index contributed by atoms with van der Waals surface area (Å²) in [6.07, 6.45) is 8.46. The minimum atomic E-state index is -4.22. The molecule has 0 aliphatic rings. The van der Waals surface area contributed by atoms with Gasteiger partial charge in [-0.3, -0.25) is 4.55 Å². The van der Waals surface area contributed by atoms with Gasteiger partial charge in [0.1, 0.15) is 4.90 Å². The Kier molecular flexibility index (Phi) is 6.81. The van der Waals surface area contributed by atoms with Gasteiger partial charge in [-0.05, 0) is 48.3 Å². The number of aryl methyl sites for hydroxylation is 2. The van der Waals surface area contributed by atoms with E-state index in [1.165, 1.54) is 5.56 Å². The molecule has 0 saturated heterocycles. The fourth-order valence-electron chi connectivity index (χ4n) is 3.28. The lowest BCUT2D eigenvalue weighted by molar-refractivity contribution is 0.484. The SMILES string of the molecule is CCCCCc1ccc(S(=O)(=O)O)c2c(CCCCC)cccc12. The Morgan fingerprint density at radius 1 is 0.833 bits per heavy atom. The summed E-state index contributed by atoms with van der Waals surface area (Å²) in [7, 11) is -4.22. The minimum Gasteiger partial charge on any atom is -0.282 e. The summed E-state index contributed by atoms with van der Waals surface area (Å²) in [5.41, 5.74) is 2.19. The normalized spacial score (nSPS) is 12.0. The van der Waals surface area contributed by atoms with Crippen LogP contribution in [0.5, 0.6) is 0 Å². The van der Waals surface area contributed by atoms with E-state index in [9.17, 15) is 13.0 Å². The van der Waals surface area contributed by atoms with Gasteiger partial charge in [0, 0.05) is 5.39 Å². The van der Waals surface area contributed by atoms with Crippen LogP contribution in [-0.2, 0) is 23.0 Å². The third-order valence-corrected chi connectivity index (χ3v) is 5.45. The molecule has 2 aromatic rings. The Bertz CT molecular complexity index is 779. The number of rotatable bonds is 9. The van der Waals surface area contributed by atoms with Gasteiger partial charge in [0.05, 0.1) is 0 Å². The van der Waals surface area contributed by atoms with Crippen molar-refractivity contribution < 1.29 is 13.0 Å². The molecular formula is C20H28O3S. The predicted molar refractivity (Wildman–Crippen MR) is 100 cm³/mol. The van der Waals surface area contributed by atoms with Gasteiger partial charge in [0.2, 0.25) is 0 Å². The van der Waals surface area contributed by atoms with Crippen molar-refractivity contribution in [3.63, 3.8) is 0 Å². The van der Waals surface area contributed by atoms with Crippen LogP contribution in [0.15, 0.2) is 35.2 Å². The summed E-state index contributed by atoms with van der Waals surface area (Å²) in [5, 5.41) is 1.68. The number of unbranched alkanes of at least 4 members (excludes halogenated alkanes) is 4. The van der Waals surface area contributed by atoms with Gasteiger partial charge in [-0.1, -0.05) is 63.8 Å². The minimum absolute atomic E-state index is 0.0452. The molecule has 4 heteroatoms. The third kappa shape index (κ3) is 4.58. The lowest BCUT2D eigenvalue weighted by Gasteiger charge is -2.14. The molecule has 0 radical (unpaired) electrons. The number of fused-ring (bicyclic) bond motifs is 1. The molecular weight excluding hydrogens is 320 g/mol. The Hall–Kier alpha value is -1.39. The second-order valence-electron chi connectivity index (χ2n) is 6.45. The van der Waals surface area contributed by atoms with Crippen molar-refractivity contribution >= 4 is 20.9 Å². The Morgan fingerprint density at radius 3 is 2.04 bits per heavy atom. The van der Waals surface area contributed by atoms with Gasteiger partial charge in [0.15, 0.2) is 0 Å². The average Bonchev–Trinajstić information content (AvgIpc) is 2.54. The van der Waals surface area contributed by atoms with Crippen molar-refractivity contribution in [3.8, 4) is 0 Å². The molecule has 0 aliphatic heterocycles. The summed E-state index contributed by atoms with van der Waals surface area (Å²) in [6.45, 7) is 4.32. The van der Waals surface area contributed by atoms with E-state index in [0.29, 0.717) is 5.39 Å². The Labute approximate surface area is 145 Å². The van der Waals surface area contributed by atoms with Crippen molar-refractivity contribution in [1.29, 1.82) is 0 Å². The van der Waals surface area contributed by atoms with Crippen LogP contribution >= 0.6 is 0 Å². The van der Waals surface area contributed by atoms with Gasteiger partial charge in [-0.25, -0.2) is 0 Å². The maximum Gasteiger partial charge on any atom is 0.295 e. The van der Waals surface area contributed by atoms with E-state index in [4.69, 9.17) is 0 Å². The molecule has 0 aromatic heterocycles. The molecule has 0 aliphatic carbocycles. The highest BCUT2D eigenvalue weighted by Crippen LogP contribution is 2.31. The Morgan fingerprint density at radius 2 is 1.46 bits per heavy atom. The fourth-order valence-corrected chi connectivity index (χ4v) is 4.02. The van der Waals surface area contributed by atoms with E-state index in [2.05, 4.69) is 13.8 Å². The first-order chi connectivity index (χ1) is 11.5. The molecule has 0 amide bonds. The van der Waals surface area contributed by atoms with Gasteiger partial charge in [-0.15, -0.1) is 0 Å². The molecule has 3 nitrogen and oxygen atoms in total. The lowest BCUT2D eigenvalue weighted by Crippen LogP contribution is -2.03. The largest absolute Gasteiger partial charge is 0.295 e. The first kappa shape index (κ1) is 18.9. The maximum absolute atomic E-state index is 11.9. The summed E-state index contributed by atoms with van der Waals surface area (Å²) in [4.78, 5) is 0.0452. The van der Waals surface area contributed by atoms with Crippen LogP contribution in [0.3, 0.4) is 0 Å². The predicted octanol–water partition coefficient (Wildman–Crippen LogP) is 5.55. The Balaban J connectivity index is 2.55. The molecule has 0 saturated carbocycles. The monoisotopic (exact) mass is 348 g/mol. The van der Waals surface area contributed by atoms with E-state index in [1.807, 2.05) is 24.3 Å². The topological polar surface area (TPSA) is 54.4 Å². The van der Waals surface area contributed by atoms with E-state index in [1.54, 1.807) is 6.07 Å². The second kappa shape index (κ2) is 8.63. The van der Waals surface area contributed by atoms with Crippen LogP contribution in [0.1, 0.15) is 63.5 Å². The van der Waals surface area contributed by atoms with E-state index in [0.717, 1.165) is 62.3 Å². The summed E-state index contributed by atoms with van der Waals surface area (Å²) in [6, 6.07) is 9.40.